The van der Waals surface area contributed by atoms with Crippen LogP contribution in [0.25, 0.3) is 0 Å². The number of hydrogen-bond acceptors (Lipinski definition) is 3. The number of carbonyl (C=O) groups is 1. The normalized spacial score (nSPS) is 13.5. The lowest BCUT2D eigenvalue weighted by molar-refractivity contribution is 0.0372. The molecule has 1 heterocycles. The van der Waals surface area contributed by atoms with Crippen molar-refractivity contribution in [3.8, 4) is 0 Å². The number of benzene rings is 1. The standard InChI is InChI=1S/C14H14ClFN2O3/c1-14(20,12-3-2-6-21-12)8-17-13(19)18-11-5-4-9(16)7-10(11)15/h2-7,20H,8H2,1H3,(H2,17,18,19). The van der Waals surface area contributed by atoms with Crippen molar-refractivity contribution in [2.24, 2.45) is 0 Å². The van der Waals surface area contributed by atoms with Gasteiger partial charge in [0.2, 0.25) is 0 Å². The Morgan fingerprint density at radius 3 is 2.86 bits per heavy atom. The van der Waals surface area contributed by atoms with Crippen molar-refractivity contribution in [3.05, 3.63) is 53.2 Å². The molecule has 2 amide bonds. The van der Waals surface area contributed by atoms with Gasteiger partial charge in [0.1, 0.15) is 17.2 Å². The monoisotopic (exact) mass is 312 g/mol. The number of carbonyl (C=O) groups excluding carboxylic acids is 1. The van der Waals surface area contributed by atoms with Crippen molar-refractivity contribution >= 4 is 23.3 Å². The maximum Gasteiger partial charge on any atom is 0.319 e. The van der Waals surface area contributed by atoms with Crippen molar-refractivity contribution in [1.82, 2.24) is 5.32 Å². The van der Waals surface area contributed by atoms with Crippen molar-refractivity contribution in [1.29, 1.82) is 0 Å². The fourth-order valence-corrected chi connectivity index (χ4v) is 1.90. The molecule has 0 radical (unpaired) electrons. The fraction of sp³-hybridized carbons (Fsp3) is 0.214. The first-order valence-electron chi connectivity index (χ1n) is 6.15. The lowest BCUT2D eigenvalue weighted by Gasteiger charge is -2.21. The van der Waals surface area contributed by atoms with Crippen LogP contribution in [0.15, 0.2) is 41.0 Å². The van der Waals surface area contributed by atoms with Gasteiger partial charge in [-0.3, -0.25) is 0 Å². The zero-order chi connectivity index (χ0) is 15.5. The molecule has 0 aliphatic heterocycles. The number of halogens is 2. The van der Waals surface area contributed by atoms with Crippen LogP contribution in [-0.4, -0.2) is 17.7 Å². The van der Waals surface area contributed by atoms with E-state index in [0.717, 1.165) is 6.07 Å². The molecule has 0 bridgehead atoms. The van der Waals surface area contributed by atoms with Crippen LogP contribution >= 0.6 is 11.6 Å². The summed E-state index contributed by atoms with van der Waals surface area (Å²) in [6.45, 7) is 1.45. The lowest BCUT2D eigenvalue weighted by atomic mass is 10.0. The highest BCUT2D eigenvalue weighted by molar-refractivity contribution is 6.33. The number of furan rings is 1. The second-order valence-electron chi connectivity index (χ2n) is 4.68. The first-order chi connectivity index (χ1) is 9.88. The molecule has 0 aliphatic rings. The van der Waals surface area contributed by atoms with Gasteiger partial charge in [0.05, 0.1) is 23.5 Å². The Morgan fingerprint density at radius 1 is 1.48 bits per heavy atom. The fourth-order valence-electron chi connectivity index (χ4n) is 1.68. The van der Waals surface area contributed by atoms with Gasteiger partial charge in [-0.1, -0.05) is 11.6 Å². The van der Waals surface area contributed by atoms with Crippen molar-refractivity contribution in [3.63, 3.8) is 0 Å². The average molecular weight is 313 g/mol. The number of aliphatic hydroxyl groups is 1. The quantitative estimate of drug-likeness (QED) is 0.812. The SMILES string of the molecule is CC(O)(CNC(=O)Nc1ccc(F)cc1Cl)c1ccco1. The molecule has 0 spiro atoms. The summed E-state index contributed by atoms with van der Waals surface area (Å²) < 4.78 is 18.0. The Morgan fingerprint density at radius 2 is 2.24 bits per heavy atom. The molecule has 0 saturated carbocycles. The Balaban J connectivity index is 1.93. The summed E-state index contributed by atoms with van der Waals surface area (Å²) in [6.07, 6.45) is 1.43. The van der Waals surface area contributed by atoms with Gasteiger partial charge in [0.25, 0.3) is 0 Å². The molecule has 1 aromatic heterocycles. The molecular weight excluding hydrogens is 299 g/mol. The maximum absolute atomic E-state index is 12.9. The van der Waals surface area contributed by atoms with Gasteiger partial charge in [-0.2, -0.15) is 0 Å². The van der Waals surface area contributed by atoms with Crippen LogP contribution in [-0.2, 0) is 5.60 Å². The predicted octanol–water partition coefficient (Wildman–Crippen LogP) is 3.10. The van der Waals surface area contributed by atoms with Gasteiger partial charge in [-0.25, -0.2) is 9.18 Å². The molecule has 112 valence electrons. The zero-order valence-electron chi connectivity index (χ0n) is 11.2. The smallest absolute Gasteiger partial charge is 0.319 e. The van der Waals surface area contributed by atoms with Gasteiger partial charge < -0.3 is 20.2 Å². The third-order valence-corrected chi connectivity index (χ3v) is 3.14. The second-order valence-corrected chi connectivity index (χ2v) is 5.09. The van der Waals surface area contributed by atoms with Crippen LogP contribution in [0.2, 0.25) is 5.02 Å². The molecule has 0 fully saturated rings. The molecule has 21 heavy (non-hydrogen) atoms. The number of rotatable bonds is 4. The van der Waals surface area contributed by atoms with E-state index in [-0.39, 0.29) is 17.3 Å². The first kappa shape index (κ1) is 15.3. The van der Waals surface area contributed by atoms with Gasteiger partial charge >= 0.3 is 6.03 Å². The summed E-state index contributed by atoms with van der Waals surface area (Å²) in [7, 11) is 0. The molecule has 1 aromatic carbocycles. The zero-order valence-corrected chi connectivity index (χ0v) is 11.9. The third kappa shape index (κ3) is 3.96. The number of anilines is 1. The molecule has 0 saturated heterocycles. The van der Waals surface area contributed by atoms with Crippen molar-refractivity contribution in [2.75, 3.05) is 11.9 Å². The van der Waals surface area contributed by atoms with Crippen LogP contribution < -0.4 is 10.6 Å². The summed E-state index contributed by atoms with van der Waals surface area (Å²) in [4.78, 5) is 11.7. The molecule has 3 N–H and O–H groups in total. The van der Waals surface area contributed by atoms with E-state index in [0.29, 0.717) is 5.76 Å². The number of nitrogens with one attached hydrogen (secondary N) is 2. The number of urea groups is 1. The summed E-state index contributed by atoms with van der Waals surface area (Å²) >= 11 is 5.80. The maximum atomic E-state index is 12.9. The van der Waals surface area contributed by atoms with Gasteiger partial charge in [0.15, 0.2) is 0 Å². The summed E-state index contributed by atoms with van der Waals surface area (Å²) in [5.74, 6) is -0.158. The van der Waals surface area contributed by atoms with Gasteiger partial charge in [0, 0.05) is 0 Å². The van der Waals surface area contributed by atoms with E-state index < -0.39 is 17.4 Å². The average Bonchev–Trinajstić information content (AvgIpc) is 2.95. The Labute approximate surface area is 125 Å². The van der Waals surface area contributed by atoms with Crippen LogP contribution in [0.4, 0.5) is 14.9 Å². The topological polar surface area (TPSA) is 74.5 Å². The molecule has 7 heteroatoms. The molecule has 1 atom stereocenters. The minimum absolute atomic E-state index is 0.0643. The number of amides is 2. The van der Waals surface area contributed by atoms with Gasteiger partial charge in [-0.05, 0) is 37.3 Å². The van der Waals surface area contributed by atoms with Crippen LogP contribution in [0.3, 0.4) is 0 Å². The molecular formula is C14H14ClFN2O3. The van der Waals surface area contributed by atoms with E-state index in [2.05, 4.69) is 10.6 Å². The largest absolute Gasteiger partial charge is 0.466 e. The highest BCUT2D eigenvalue weighted by atomic mass is 35.5. The van der Waals surface area contributed by atoms with E-state index in [9.17, 15) is 14.3 Å². The Bertz CT molecular complexity index is 629. The molecule has 1 unspecified atom stereocenters. The van der Waals surface area contributed by atoms with Crippen molar-refractivity contribution in [2.45, 2.75) is 12.5 Å². The van der Waals surface area contributed by atoms with Crippen LogP contribution in [0.5, 0.6) is 0 Å². The molecule has 2 rings (SSSR count). The van der Waals surface area contributed by atoms with E-state index in [1.165, 1.54) is 25.3 Å². The third-order valence-electron chi connectivity index (χ3n) is 2.82. The molecule has 2 aromatic rings. The highest BCUT2D eigenvalue weighted by Crippen LogP contribution is 2.23. The number of hydrogen-bond donors (Lipinski definition) is 3. The minimum Gasteiger partial charge on any atom is -0.466 e. The molecule has 5 nitrogen and oxygen atoms in total. The van der Waals surface area contributed by atoms with Crippen molar-refractivity contribution < 1.29 is 18.7 Å². The molecule has 0 aliphatic carbocycles. The summed E-state index contributed by atoms with van der Waals surface area (Å²) in [6, 6.07) is 6.30. The second kappa shape index (κ2) is 6.15. The summed E-state index contributed by atoms with van der Waals surface area (Å²) in [5, 5.41) is 15.2. The lowest BCUT2D eigenvalue weighted by Crippen LogP contribution is -2.40. The summed E-state index contributed by atoms with van der Waals surface area (Å²) in [5.41, 5.74) is -1.07. The van der Waals surface area contributed by atoms with Crippen LogP contribution in [0.1, 0.15) is 12.7 Å². The minimum atomic E-state index is -1.34. The highest BCUT2D eigenvalue weighted by Gasteiger charge is 2.26. The first-order valence-corrected chi connectivity index (χ1v) is 6.52. The van der Waals surface area contributed by atoms with E-state index in [1.807, 2.05) is 0 Å². The van der Waals surface area contributed by atoms with E-state index in [4.69, 9.17) is 16.0 Å². The van der Waals surface area contributed by atoms with Crippen LogP contribution in [0, 0.1) is 5.82 Å². The Hall–Kier alpha value is -2.05. The predicted molar refractivity (Wildman–Crippen MR) is 76.7 cm³/mol. The van der Waals surface area contributed by atoms with E-state index in [1.54, 1.807) is 12.1 Å². The van der Waals surface area contributed by atoms with Gasteiger partial charge in [-0.15, -0.1) is 0 Å². The Kier molecular flexibility index (Phi) is 4.50. The van der Waals surface area contributed by atoms with E-state index >= 15 is 0 Å².